The number of anilines is 1. The zero-order valence-corrected chi connectivity index (χ0v) is 10.1. The molecule has 0 aliphatic carbocycles. The van der Waals surface area contributed by atoms with Crippen molar-refractivity contribution in [2.45, 2.75) is 0 Å². The van der Waals surface area contributed by atoms with Gasteiger partial charge in [0.25, 0.3) is 0 Å². The Morgan fingerprint density at radius 3 is 2.72 bits per heavy atom. The number of carbonyl (C=O) groups excluding carboxylic acids is 3. The lowest BCUT2D eigenvalue weighted by atomic mass is 10.2. The summed E-state index contributed by atoms with van der Waals surface area (Å²) in [7, 11) is 1.22. The average molecular weight is 272 g/mol. The van der Waals surface area contributed by atoms with E-state index in [0.29, 0.717) is 12.1 Å². The highest BCUT2D eigenvalue weighted by Crippen LogP contribution is 2.21. The molecule has 0 aromatic heterocycles. The second kappa shape index (κ2) is 6.45. The first kappa shape index (κ1) is 13.8. The van der Waals surface area contributed by atoms with Crippen LogP contribution in [-0.4, -0.2) is 25.5 Å². The molecular weight excluding hydrogens is 262 g/mol. The van der Waals surface area contributed by atoms with E-state index in [9.17, 15) is 14.4 Å². The molecule has 0 saturated carbocycles. The number of ether oxygens (including phenoxy) is 1. The third-order valence-electron chi connectivity index (χ3n) is 1.87. The van der Waals surface area contributed by atoms with Crippen molar-refractivity contribution < 1.29 is 19.1 Å². The Morgan fingerprint density at radius 1 is 1.39 bits per heavy atom. The van der Waals surface area contributed by atoms with E-state index in [0.717, 1.165) is 0 Å². The van der Waals surface area contributed by atoms with E-state index in [1.807, 2.05) is 10.9 Å². The summed E-state index contributed by atoms with van der Waals surface area (Å²) in [5.41, 5.74) is 4.46. The second-order valence-electron chi connectivity index (χ2n) is 3.03. The number of halogens is 1. The number of methoxy groups -OCH3 is 1. The lowest BCUT2D eigenvalue weighted by molar-refractivity contribution is -0.110. The summed E-state index contributed by atoms with van der Waals surface area (Å²) in [6.45, 7) is 0. The third-order valence-corrected chi connectivity index (χ3v) is 2.20. The molecule has 0 radical (unpaired) electrons. The minimum absolute atomic E-state index is 0.125. The van der Waals surface area contributed by atoms with Crippen LogP contribution in [0.2, 0.25) is 5.02 Å². The van der Waals surface area contributed by atoms with Crippen molar-refractivity contribution in [2.24, 2.45) is 0 Å². The van der Waals surface area contributed by atoms with Crippen LogP contribution in [0.5, 0.6) is 0 Å². The fraction of sp³-hybridized carbons (Fsp3) is 0.100. The number of rotatable bonds is 4. The predicted octanol–water partition coefficient (Wildman–Crippen LogP) is 0.909. The van der Waals surface area contributed by atoms with E-state index in [-0.39, 0.29) is 10.6 Å². The molecule has 7 nitrogen and oxygen atoms in total. The van der Waals surface area contributed by atoms with Crippen LogP contribution in [0.15, 0.2) is 18.2 Å². The molecule has 1 aromatic rings. The van der Waals surface area contributed by atoms with Crippen LogP contribution in [-0.2, 0) is 9.53 Å². The Balaban J connectivity index is 2.82. The highest BCUT2D eigenvalue weighted by Gasteiger charge is 2.12. The van der Waals surface area contributed by atoms with Gasteiger partial charge in [0.05, 0.1) is 17.7 Å². The number of hydrogen-bond acceptors (Lipinski definition) is 4. The Hall–Kier alpha value is -2.28. The molecule has 3 amide bonds. The Bertz CT molecular complexity index is 478. The number of esters is 1. The van der Waals surface area contributed by atoms with Gasteiger partial charge in [-0.3, -0.25) is 10.2 Å². The van der Waals surface area contributed by atoms with Crippen molar-refractivity contribution in [3.8, 4) is 0 Å². The van der Waals surface area contributed by atoms with E-state index in [1.54, 1.807) is 0 Å². The molecule has 0 aliphatic rings. The highest BCUT2D eigenvalue weighted by molar-refractivity contribution is 6.33. The zero-order chi connectivity index (χ0) is 13.5. The van der Waals surface area contributed by atoms with Gasteiger partial charge in [-0.1, -0.05) is 11.6 Å². The van der Waals surface area contributed by atoms with E-state index in [1.165, 1.54) is 25.3 Å². The van der Waals surface area contributed by atoms with Crippen LogP contribution in [0.4, 0.5) is 10.5 Å². The van der Waals surface area contributed by atoms with Crippen LogP contribution < -0.4 is 16.2 Å². The molecule has 0 spiro atoms. The number of carbonyl (C=O) groups is 3. The first-order chi connectivity index (χ1) is 8.58. The van der Waals surface area contributed by atoms with E-state index in [4.69, 9.17) is 11.6 Å². The van der Waals surface area contributed by atoms with Gasteiger partial charge in [0.15, 0.2) is 0 Å². The topological polar surface area (TPSA) is 96.5 Å². The molecular formula is C10H10ClN3O4. The van der Waals surface area contributed by atoms with Crippen molar-refractivity contribution in [3.05, 3.63) is 28.8 Å². The summed E-state index contributed by atoms with van der Waals surface area (Å²) >= 11 is 5.80. The SMILES string of the molecule is COC(=O)c1cc(NC(=O)NNC=O)ccc1Cl. The lowest BCUT2D eigenvalue weighted by Crippen LogP contribution is -2.39. The van der Waals surface area contributed by atoms with Crippen LogP contribution in [0, 0.1) is 0 Å². The normalized spacial score (nSPS) is 9.22. The summed E-state index contributed by atoms with van der Waals surface area (Å²) in [5.74, 6) is -0.616. The number of urea groups is 1. The van der Waals surface area contributed by atoms with Crippen molar-refractivity contribution in [1.82, 2.24) is 10.9 Å². The minimum Gasteiger partial charge on any atom is -0.465 e. The fourth-order valence-corrected chi connectivity index (χ4v) is 1.32. The van der Waals surface area contributed by atoms with Crippen LogP contribution >= 0.6 is 11.6 Å². The molecule has 0 atom stereocenters. The number of hydrogen-bond donors (Lipinski definition) is 3. The Labute approximate surface area is 107 Å². The van der Waals surface area contributed by atoms with Gasteiger partial charge in [-0.15, -0.1) is 0 Å². The number of hydrazine groups is 1. The largest absolute Gasteiger partial charge is 0.465 e. The summed E-state index contributed by atoms with van der Waals surface area (Å²) in [4.78, 5) is 32.5. The van der Waals surface area contributed by atoms with E-state index in [2.05, 4.69) is 10.1 Å². The maximum Gasteiger partial charge on any atom is 0.339 e. The summed E-state index contributed by atoms with van der Waals surface area (Å²) in [6.07, 6.45) is 0.307. The predicted molar refractivity (Wildman–Crippen MR) is 64.1 cm³/mol. The number of amides is 3. The molecule has 96 valence electrons. The molecule has 0 saturated heterocycles. The smallest absolute Gasteiger partial charge is 0.339 e. The molecule has 0 unspecified atom stereocenters. The molecule has 8 heteroatoms. The van der Waals surface area contributed by atoms with Gasteiger partial charge in [-0.2, -0.15) is 0 Å². The molecule has 0 aliphatic heterocycles. The molecule has 0 heterocycles. The van der Waals surface area contributed by atoms with E-state index >= 15 is 0 Å². The van der Waals surface area contributed by atoms with Crippen molar-refractivity contribution in [2.75, 3.05) is 12.4 Å². The average Bonchev–Trinajstić information content (AvgIpc) is 2.37. The van der Waals surface area contributed by atoms with Gasteiger partial charge >= 0.3 is 12.0 Å². The van der Waals surface area contributed by atoms with Crippen molar-refractivity contribution >= 4 is 35.7 Å². The van der Waals surface area contributed by atoms with Crippen LogP contribution in [0.3, 0.4) is 0 Å². The maximum atomic E-state index is 11.4. The van der Waals surface area contributed by atoms with Crippen molar-refractivity contribution in [1.29, 1.82) is 0 Å². The minimum atomic E-state index is -0.666. The summed E-state index contributed by atoms with van der Waals surface area (Å²) < 4.78 is 4.53. The van der Waals surface area contributed by atoms with Gasteiger partial charge in [0, 0.05) is 5.69 Å². The van der Waals surface area contributed by atoms with Gasteiger partial charge in [0.1, 0.15) is 0 Å². The van der Waals surface area contributed by atoms with Gasteiger partial charge in [-0.05, 0) is 18.2 Å². The van der Waals surface area contributed by atoms with Crippen LogP contribution in [0.1, 0.15) is 10.4 Å². The van der Waals surface area contributed by atoms with Gasteiger partial charge < -0.3 is 10.1 Å². The molecule has 3 N–H and O–H groups in total. The number of nitrogens with one attached hydrogen (secondary N) is 3. The first-order valence-corrected chi connectivity index (χ1v) is 5.10. The first-order valence-electron chi connectivity index (χ1n) is 4.72. The standard InChI is InChI=1S/C10H10ClN3O4/c1-18-9(16)7-4-6(2-3-8(7)11)13-10(17)14-12-5-15/h2-5H,1H3,(H,12,15)(H2,13,14,17). The monoisotopic (exact) mass is 271 g/mol. The third kappa shape index (κ3) is 3.63. The van der Waals surface area contributed by atoms with Gasteiger partial charge in [0.2, 0.25) is 6.41 Å². The fourth-order valence-electron chi connectivity index (χ4n) is 1.13. The number of benzene rings is 1. The van der Waals surface area contributed by atoms with Gasteiger partial charge in [-0.25, -0.2) is 15.0 Å². The lowest BCUT2D eigenvalue weighted by Gasteiger charge is -2.08. The summed E-state index contributed by atoms with van der Waals surface area (Å²) in [5, 5.41) is 2.59. The second-order valence-corrected chi connectivity index (χ2v) is 3.43. The summed E-state index contributed by atoms with van der Waals surface area (Å²) in [6, 6.07) is 3.63. The molecule has 1 aromatic carbocycles. The molecule has 18 heavy (non-hydrogen) atoms. The van der Waals surface area contributed by atoms with E-state index < -0.39 is 12.0 Å². The molecule has 1 rings (SSSR count). The molecule has 0 fully saturated rings. The highest BCUT2D eigenvalue weighted by atomic mass is 35.5. The Morgan fingerprint density at radius 2 is 2.11 bits per heavy atom. The molecule has 0 bridgehead atoms. The van der Waals surface area contributed by atoms with Crippen molar-refractivity contribution in [3.63, 3.8) is 0 Å². The zero-order valence-electron chi connectivity index (χ0n) is 9.32. The Kier molecular flexibility index (Phi) is 4.94. The quantitative estimate of drug-likeness (QED) is 0.431. The van der Waals surface area contributed by atoms with Crippen LogP contribution in [0.25, 0.3) is 0 Å². The maximum absolute atomic E-state index is 11.4.